The summed E-state index contributed by atoms with van der Waals surface area (Å²) >= 11 is 0. The number of hydrogen-bond acceptors (Lipinski definition) is 4. The molecule has 1 aromatic carbocycles. The number of carbonyl (C=O) groups is 1. The third kappa shape index (κ3) is 3.11. The Morgan fingerprint density at radius 3 is 2.45 bits per heavy atom. The molecule has 0 aromatic heterocycles. The summed E-state index contributed by atoms with van der Waals surface area (Å²) in [5.74, 6) is 0.168. The molecule has 0 atom stereocenters. The fourth-order valence-corrected chi connectivity index (χ4v) is 2.78. The maximum absolute atomic E-state index is 11.8. The van der Waals surface area contributed by atoms with Crippen LogP contribution in [0.2, 0.25) is 0 Å². The molecule has 1 aromatic rings. The molecule has 1 saturated heterocycles. The normalized spacial score (nSPS) is 21.8. The smallest absolute Gasteiger partial charge is 0.410 e. The van der Waals surface area contributed by atoms with Gasteiger partial charge < -0.3 is 19.5 Å². The van der Waals surface area contributed by atoms with Crippen molar-refractivity contribution >= 4 is 6.09 Å². The molecule has 20 heavy (non-hydrogen) atoms. The molecular weight excluding hydrogens is 258 g/mol. The molecule has 1 aliphatic carbocycles. The minimum atomic E-state index is -0.398. The van der Waals surface area contributed by atoms with E-state index in [0.29, 0.717) is 19.0 Å². The van der Waals surface area contributed by atoms with Crippen LogP contribution in [0.25, 0.3) is 0 Å². The first kappa shape index (κ1) is 13.4. The van der Waals surface area contributed by atoms with E-state index in [0.717, 1.165) is 25.7 Å². The number of ether oxygens (including phenoxy) is 3. The molecule has 0 unspecified atom stereocenters. The standard InChI is InChI=1S/C15H19NO4/c17-14(20-13-4-2-1-3-5-13)16-12-6-8-15(9-7-12)18-10-11-19-15/h1-5,12H,6-11H2,(H,16,17). The van der Waals surface area contributed by atoms with E-state index in [-0.39, 0.29) is 11.8 Å². The highest BCUT2D eigenvalue weighted by Crippen LogP contribution is 2.35. The summed E-state index contributed by atoms with van der Waals surface area (Å²) in [6.07, 6.45) is 2.95. The van der Waals surface area contributed by atoms with Gasteiger partial charge in [-0.2, -0.15) is 0 Å². The zero-order valence-electron chi connectivity index (χ0n) is 11.3. The van der Waals surface area contributed by atoms with Crippen LogP contribution in [0.15, 0.2) is 30.3 Å². The molecular formula is C15H19NO4. The Hall–Kier alpha value is -1.59. The van der Waals surface area contributed by atoms with E-state index in [4.69, 9.17) is 14.2 Å². The molecule has 1 spiro atoms. The van der Waals surface area contributed by atoms with Crippen molar-refractivity contribution in [1.82, 2.24) is 5.32 Å². The van der Waals surface area contributed by atoms with Gasteiger partial charge in [0, 0.05) is 18.9 Å². The third-order valence-electron chi connectivity index (χ3n) is 3.84. The van der Waals surface area contributed by atoms with Crippen LogP contribution in [0, 0.1) is 0 Å². The van der Waals surface area contributed by atoms with Crippen LogP contribution in [0.4, 0.5) is 4.79 Å². The average molecular weight is 277 g/mol. The average Bonchev–Trinajstić information content (AvgIpc) is 2.91. The Morgan fingerprint density at radius 2 is 1.80 bits per heavy atom. The van der Waals surface area contributed by atoms with E-state index < -0.39 is 6.09 Å². The van der Waals surface area contributed by atoms with Gasteiger partial charge in [-0.15, -0.1) is 0 Å². The van der Waals surface area contributed by atoms with Gasteiger partial charge in [0.25, 0.3) is 0 Å². The Kier molecular flexibility index (Phi) is 3.89. The minimum absolute atomic E-state index is 0.129. The van der Waals surface area contributed by atoms with Crippen LogP contribution in [0.3, 0.4) is 0 Å². The van der Waals surface area contributed by atoms with Crippen LogP contribution >= 0.6 is 0 Å². The second-order valence-corrected chi connectivity index (χ2v) is 5.23. The van der Waals surface area contributed by atoms with Crippen molar-refractivity contribution in [3.63, 3.8) is 0 Å². The van der Waals surface area contributed by atoms with Gasteiger partial charge in [-0.25, -0.2) is 4.79 Å². The zero-order chi connectivity index (χ0) is 13.8. The number of hydrogen-bond donors (Lipinski definition) is 1. The van der Waals surface area contributed by atoms with Crippen molar-refractivity contribution in [2.24, 2.45) is 0 Å². The lowest BCUT2D eigenvalue weighted by molar-refractivity contribution is -0.179. The first-order valence-corrected chi connectivity index (χ1v) is 7.07. The highest BCUT2D eigenvalue weighted by molar-refractivity contribution is 5.70. The van der Waals surface area contributed by atoms with Crippen LogP contribution in [-0.4, -0.2) is 31.1 Å². The molecule has 1 N–H and O–H groups in total. The Balaban J connectivity index is 1.46. The highest BCUT2D eigenvalue weighted by Gasteiger charge is 2.40. The molecule has 1 heterocycles. The van der Waals surface area contributed by atoms with Crippen LogP contribution < -0.4 is 10.1 Å². The Bertz CT molecular complexity index is 446. The molecule has 1 amide bonds. The van der Waals surface area contributed by atoms with Gasteiger partial charge in [-0.1, -0.05) is 18.2 Å². The predicted molar refractivity (Wildman–Crippen MR) is 72.5 cm³/mol. The monoisotopic (exact) mass is 277 g/mol. The summed E-state index contributed by atoms with van der Waals surface area (Å²) in [5.41, 5.74) is 0. The van der Waals surface area contributed by atoms with E-state index >= 15 is 0 Å². The number of amides is 1. The lowest BCUT2D eigenvalue weighted by atomic mass is 9.90. The lowest BCUT2D eigenvalue weighted by Crippen LogP contribution is -2.44. The molecule has 0 bridgehead atoms. The molecule has 3 rings (SSSR count). The van der Waals surface area contributed by atoms with Gasteiger partial charge in [0.15, 0.2) is 5.79 Å². The van der Waals surface area contributed by atoms with E-state index in [1.54, 1.807) is 12.1 Å². The van der Waals surface area contributed by atoms with Gasteiger partial charge in [-0.3, -0.25) is 0 Å². The zero-order valence-corrected chi connectivity index (χ0v) is 11.3. The van der Waals surface area contributed by atoms with Crippen LogP contribution in [-0.2, 0) is 9.47 Å². The van der Waals surface area contributed by atoms with Crippen molar-refractivity contribution < 1.29 is 19.0 Å². The number of nitrogens with one attached hydrogen (secondary N) is 1. The van der Waals surface area contributed by atoms with Gasteiger partial charge in [0.1, 0.15) is 5.75 Å². The fourth-order valence-electron chi connectivity index (χ4n) is 2.78. The van der Waals surface area contributed by atoms with E-state index in [9.17, 15) is 4.79 Å². The fraction of sp³-hybridized carbons (Fsp3) is 0.533. The summed E-state index contributed by atoms with van der Waals surface area (Å²) < 4.78 is 16.5. The number of para-hydroxylation sites is 1. The molecule has 1 saturated carbocycles. The molecule has 2 fully saturated rings. The van der Waals surface area contributed by atoms with Crippen LogP contribution in [0.1, 0.15) is 25.7 Å². The third-order valence-corrected chi connectivity index (χ3v) is 3.84. The lowest BCUT2D eigenvalue weighted by Gasteiger charge is -2.35. The minimum Gasteiger partial charge on any atom is -0.410 e. The van der Waals surface area contributed by atoms with Gasteiger partial charge >= 0.3 is 6.09 Å². The van der Waals surface area contributed by atoms with Crippen molar-refractivity contribution in [3.8, 4) is 5.75 Å². The molecule has 1 aliphatic heterocycles. The summed E-state index contributed by atoms with van der Waals surface area (Å²) in [6, 6.07) is 9.20. The first-order valence-electron chi connectivity index (χ1n) is 7.07. The second-order valence-electron chi connectivity index (χ2n) is 5.23. The summed E-state index contributed by atoms with van der Waals surface area (Å²) in [5, 5.41) is 2.90. The second kappa shape index (κ2) is 5.81. The maximum atomic E-state index is 11.8. The summed E-state index contributed by atoms with van der Waals surface area (Å²) in [7, 11) is 0. The molecule has 108 valence electrons. The van der Waals surface area contributed by atoms with E-state index in [2.05, 4.69) is 5.32 Å². The maximum Gasteiger partial charge on any atom is 0.412 e. The van der Waals surface area contributed by atoms with Gasteiger partial charge in [0.05, 0.1) is 13.2 Å². The summed E-state index contributed by atoms with van der Waals surface area (Å²) in [6.45, 7) is 1.35. The number of carbonyl (C=O) groups excluding carboxylic acids is 1. The quantitative estimate of drug-likeness (QED) is 0.902. The predicted octanol–water partition coefficient (Wildman–Crippen LogP) is 2.46. The van der Waals surface area contributed by atoms with Crippen molar-refractivity contribution in [3.05, 3.63) is 30.3 Å². The molecule has 5 nitrogen and oxygen atoms in total. The first-order chi connectivity index (χ1) is 9.76. The number of benzene rings is 1. The van der Waals surface area contributed by atoms with Gasteiger partial charge in [-0.05, 0) is 25.0 Å². The van der Waals surface area contributed by atoms with Crippen molar-refractivity contribution in [2.45, 2.75) is 37.5 Å². The Labute approximate surface area is 118 Å². The topological polar surface area (TPSA) is 56.8 Å². The molecule has 0 radical (unpaired) electrons. The van der Waals surface area contributed by atoms with Crippen molar-refractivity contribution in [2.75, 3.05) is 13.2 Å². The highest BCUT2D eigenvalue weighted by atomic mass is 16.7. The molecule has 2 aliphatic rings. The number of rotatable bonds is 2. The SMILES string of the molecule is O=C(NC1CCC2(CC1)OCCO2)Oc1ccccc1. The van der Waals surface area contributed by atoms with E-state index in [1.807, 2.05) is 18.2 Å². The van der Waals surface area contributed by atoms with E-state index in [1.165, 1.54) is 0 Å². The largest absolute Gasteiger partial charge is 0.412 e. The Morgan fingerprint density at radius 1 is 1.15 bits per heavy atom. The van der Waals surface area contributed by atoms with Gasteiger partial charge in [0.2, 0.25) is 0 Å². The summed E-state index contributed by atoms with van der Waals surface area (Å²) in [4.78, 5) is 11.8. The molecule has 5 heteroatoms. The van der Waals surface area contributed by atoms with Crippen LogP contribution in [0.5, 0.6) is 5.75 Å². The van der Waals surface area contributed by atoms with Crippen molar-refractivity contribution in [1.29, 1.82) is 0 Å².